The number of rotatable bonds is 2. The Kier molecular flexibility index (Phi) is 4.34. The maximum atomic E-state index is 12.1. The summed E-state index contributed by atoms with van der Waals surface area (Å²) in [6.07, 6.45) is 5.02. The number of ketones is 1. The largest absolute Gasteiger partial charge is 0.290 e. The van der Waals surface area contributed by atoms with E-state index in [0.717, 1.165) is 6.07 Å². The molecule has 0 spiro atoms. The van der Waals surface area contributed by atoms with Crippen molar-refractivity contribution in [3.05, 3.63) is 51.5 Å². The molecule has 0 aliphatic heterocycles. The molecule has 1 aliphatic rings. The van der Waals surface area contributed by atoms with Gasteiger partial charge in [-0.25, -0.2) is 0 Å². The van der Waals surface area contributed by atoms with E-state index in [1.807, 2.05) is 0 Å². The van der Waals surface area contributed by atoms with Gasteiger partial charge < -0.3 is 0 Å². The normalized spacial score (nSPS) is 14.8. The van der Waals surface area contributed by atoms with Crippen LogP contribution in [0, 0.1) is 0 Å². The zero-order chi connectivity index (χ0) is 14.9. The van der Waals surface area contributed by atoms with E-state index in [4.69, 9.17) is 34.8 Å². The highest BCUT2D eigenvalue weighted by Gasteiger charge is 2.20. The van der Waals surface area contributed by atoms with Crippen molar-refractivity contribution in [1.82, 2.24) is 0 Å². The topological polar surface area (TPSA) is 63.6 Å². The lowest BCUT2D eigenvalue weighted by Gasteiger charge is -2.05. The average molecular weight is 351 g/mol. The zero-order valence-electron chi connectivity index (χ0n) is 9.68. The van der Waals surface area contributed by atoms with Gasteiger partial charge in [0.1, 0.15) is 4.90 Å². The Morgan fingerprint density at radius 1 is 0.850 bits per heavy atom. The quantitative estimate of drug-likeness (QED) is 0.606. The van der Waals surface area contributed by atoms with E-state index in [-0.39, 0.29) is 31.5 Å². The zero-order valence-corrected chi connectivity index (χ0v) is 12.8. The fourth-order valence-electron chi connectivity index (χ4n) is 1.40. The highest BCUT2D eigenvalue weighted by molar-refractivity contribution is 7.90. The second-order valence-corrected chi connectivity index (χ2v) is 6.55. The molecule has 0 saturated heterocycles. The number of hydrogen-bond acceptors (Lipinski definition) is 3. The standard InChI is InChI=1S/C12H6Cl3NO3S/c13-9-5-11(15)12(6-10(9)14)20(18,19)16-7-1-3-8(17)4-2-7/h1-6H. The smallest absolute Gasteiger partial charge is 0.284 e. The molecule has 104 valence electrons. The summed E-state index contributed by atoms with van der Waals surface area (Å²) in [5.74, 6) is -0.242. The molecule has 20 heavy (non-hydrogen) atoms. The molecule has 1 aliphatic carbocycles. The van der Waals surface area contributed by atoms with E-state index >= 15 is 0 Å². The SMILES string of the molecule is O=C1C=CC(=NS(=O)(=O)c2cc(Cl)c(Cl)cc2Cl)C=C1. The van der Waals surface area contributed by atoms with Crippen molar-refractivity contribution < 1.29 is 13.2 Å². The Bertz CT molecular complexity index is 761. The van der Waals surface area contributed by atoms with Crippen LogP contribution < -0.4 is 0 Å². The van der Waals surface area contributed by atoms with Crippen molar-refractivity contribution >= 4 is 56.3 Å². The molecule has 0 aromatic heterocycles. The first-order valence-corrected chi connectivity index (χ1v) is 7.76. The van der Waals surface area contributed by atoms with E-state index in [2.05, 4.69) is 4.40 Å². The molecule has 0 heterocycles. The second-order valence-electron chi connectivity index (χ2n) is 3.76. The molecule has 0 radical (unpaired) electrons. The van der Waals surface area contributed by atoms with Crippen molar-refractivity contribution in [2.75, 3.05) is 0 Å². The van der Waals surface area contributed by atoms with Crippen LogP contribution in [0.15, 0.2) is 45.7 Å². The third-order valence-corrected chi connectivity index (χ3v) is 4.81. The van der Waals surface area contributed by atoms with Crippen LogP contribution in [-0.4, -0.2) is 19.9 Å². The molecule has 0 bridgehead atoms. The molecule has 0 amide bonds. The van der Waals surface area contributed by atoms with Gasteiger partial charge in [-0.1, -0.05) is 34.8 Å². The summed E-state index contributed by atoms with van der Waals surface area (Å²) in [4.78, 5) is 10.7. The molecule has 0 saturated carbocycles. The van der Waals surface area contributed by atoms with Crippen LogP contribution in [-0.2, 0) is 14.8 Å². The van der Waals surface area contributed by atoms with E-state index in [9.17, 15) is 13.2 Å². The molecular formula is C12H6Cl3NO3S. The number of halogens is 3. The minimum absolute atomic E-state index is 0.0553. The minimum Gasteiger partial charge on any atom is -0.290 e. The lowest BCUT2D eigenvalue weighted by atomic mass is 10.2. The van der Waals surface area contributed by atoms with Gasteiger partial charge in [0.15, 0.2) is 5.78 Å². The number of benzene rings is 1. The number of allylic oxidation sites excluding steroid dienone is 4. The molecule has 0 fully saturated rings. The van der Waals surface area contributed by atoms with Crippen LogP contribution in [0.4, 0.5) is 0 Å². The Hall–Kier alpha value is -1.14. The molecular weight excluding hydrogens is 345 g/mol. The van der Waals surface area contributed by atoms with E-state index in [1.54, 1.807) is 0 Å². The summed E-state index contributed by atoms with van der Waals surface area (Å²) in [5, 5.41) is 0.120. The van der Waals surface area contributed by atoms with E-state index in [0.29, 0.717) is 0 Å². The molecule has 2 rings (SSSR count). The number of nitrogens with zero attached hydrogens (tertiary/aromatic N) is 1. The van der Waals surface area contributed by atoms with Gasteiger partial charge in [-0.15, -0.1) is 0 Å². The summed E-state index contributed by atoms with van der Waals surface area (Å²) >= 11 is 17.4. The van der Waals surface area contributed by atoms with Crippen LogP contribution >= 0.6 is 34.8 Å². The molecule has 0 atom stereocenters. The summed E-state index contributed by atoms with van der Waals surface area (Å²) in [7, 11) is -4.05. The van der Waals surface area contributed by atoms with Gasteiger partial charge in [0, 0.05) is 0 Å². The van der Waals surface area contributed by atoms with E-state index < -0.39 is 10.0 Å². The Morgan fingerprint density at radius 3 is 2.00 bits per heavy atom. The van der Waals surface area contributed by atoms with Gasteiger partial charge >= 0.3 is 0 Å². The highest BCUT2D eigenvalue weighted by Crippen LogP contribution is 2.32. The molecule has 8 heteroatoms. The second kappa shape index (κ2) is 5.69. The fraction of sp³-hybridized carbons (Fsp3) is 0. The van der Waals surface area contributed by atoms with Crippen LogP contribution in [0.3, 0.4) is 0 Å². The number of carbonyl (C=O) groups excluding carboxylic acids is 1. The molecule has 0 N–H and O–H groups in total. The maximum absolute atomic E-state index is 12.1. The van der Waals surface area contributed by atoms with Gasteiger partial charge in [-0.05, 0) is 36.4 Å². The maximum Gasteiger partial charge on any atom is 0.284 e. The number of hydrogen-bond donors (Lipinski definition) is 0. The summed E-state index contributed by atoms with van der Waals surface area (Å²) in [5.41, 5.74) is 0.117. The lowest BCUT2D eigenvalue weighted by molar-refractivity contribution is -0.110. The monoisotopic (exact) mass is 349 g/mol. The third kappa shape index (κ3) is 3.30. The van der Waals surface area contributed by atoms with Crippen LogP contribution in [0.5, 0.6) is 0 Å². The minimum atomic E-state index is -4.05. The molecule has 1 aromatic carbocycles. The Labute approximate surface area is 130 Å². The number of carbonyl (C=O) groups is 1. The molecule has 0 unspecified atom stereocenters. The summed E-state index contributed by atoms with van der Waals surface area (Å²) < 4.78 is 27.9. The van der Waals surface area contributed by atoms with Gasteiger partial charge in [0.2, 0.25) is 0 Å². The van der Waals surface area contributed by atoms with Gasteiger partial charge in [-0.3, -0.25) is 4.79 Å². The van der Waals surface area contributed by atoms with Gasteiger partial charge in [0.05, 0.1) is 20.8 Å². The lowest BCUT2D eigenvalue weighted by Crippen LogP contribution is -2.05. The van der Waals surface area contributed by atoms with Crippen LogP contribution in [0.25, 0.3) is 0 Å². The van der Waals surface area contributed by atoms with E-state index in [1.165, 1.54) is 30.4 Å². The first-order valence-electron chi connectivity index (χ1n) is 5.19. The summed E-state index contributed by atoms with van der Waals surface area (Å²) in [6.45, 7) is 0. The van der Waals surface area contributed by atoms with Crippen molar-refractivity contribution in [2.45, 2.75) is 4.90 Å². The van der Waals surface area contributed by atoms with Crippen molar-refractivity contribution in [1.29, 1.82) is 0 Å². The first kappa shape index (κ1) is 15.3. The first-order chi connectivity index (χ1) is 9.29. The predicted octanol–water partition coefficient (Wildman–Crippen LogP) is 3.47. The summed E-state index contributed by atoms with van der Waals surface area (Å²) in [6, 6.07) is 2.36. The highest BCUT2D eigenvalue weighted by atomic mass is 35.5. The average Bonchev–Trinajstić information content (AvgIpc) is 2.36. The van der Waals surface area contributed by atoms with Crippen LogP contribution in [0.2, 0.25) is 15.1 Å². The number of sulfonamides is 1. The van der Waals surface area contributed by atoms with Gasteiger partial charge in [-0.2, -0.15) is 12.8 Å². The molecule has 4 nitrogen and oxygen atoms in total. The van der Waals surface area contributed by atoms with Crippen LogP contribution in [0.1, 0.15) is 0 Å². The van der Waals surface area contributed by atoms with Crippen molar-refractivity contribution in [2.24, 2.45) is 4.40 Å². The predicted molar refractivity (Wildman–Crippen MR) is 79.4 cm³/mol. The fourth-order valence-corrected chi connectivity index (χ4v) is 3.37. The molecule has 1 aromatic rings. The third-order valence-electron chi connectivity index (χ3n) is 2.32. The van der Waals surface area contributed by atoms with Crippen molar-refractivity contribution in [3.8, 4) is 0 Å². The van der Waals surface area contributed by atoms with Crippen molar-refractivity contribution in [3.63, 3.8) is 0 Å². The van der Waals surface area contributed by atoms with Gasteiger partial charge in [0.25, 0.3) is 10.0 Å². The Balaban J connectivity index is 2.49. The Morgan fingerprint density at radius 2 is 1.40 bits per heavy atom.